The van der Waals surface area contributed by atoms with Gasteiger partial charge in [-0.3, -0.25) is 33.6 Å². The zero-order chi connectivity index (χ0) is 96.9. The van der Waals surface area contributed by atoms with Crippen molar-refractivity contribution in [1.29, 1.82) is 0 Å². The average Bonchev–Trinajstić information content (AvgIpc) is 0.861. The molecule has 0 spiro atoms. The molecule has 0 radical (unpaired) electrons. The molecule has 5 N–H and O–H groups in total. The van der Waals surface area contributed by atoms with Crippen LogP contribution in [0.2, 0.25) is 0 Å². The van der Waals surface area contributed by atoms with Gasteiger partial charge in [0.1, 0.15) is 42.6 Å². The summed E-state index contributed by atoms with van der Waals surface area (Å²) in [6.45, 7) is 46.9. The van der Waals surface area contributed by atoms with E-state index in [-0.39, 0.29) is 36.1 Å². The quantitative estimate of drug-likeness (QED) is 0.0279. The SMILES string of the molecule is CC(=O)CCCCCCCOC(C)C.CC(=O)CCCOC(C)C.CC(=O)C[C@@H](CC(=O)O)C(=O)N[C@@H](CC(=O)O)C(=O)C[C@@H](CC(=O)O)C(=O)NCCCCCCOC(C)C.CC(C)OCCCCCCCC(=O)OC(C)(C)C.CC(C)OCCCCCCCCCCS(C)(=O)=O.CC(C)OCCCCCCCCS(C)(=O)=O.CCCCCCCOC(C)C. The smallest absolute Gasteiger partial charge is 0.306 e. The molecule has 0 fully saturated rings. The number of sulfone groups is 2. The minimum Gasteiger partial charge on any atom is -0.481 e. The normalized spacial score (nSPS) is 12.1. The first-order chi connectivity index (χ1) is 58.4. The number of nitrogens with one attached hydrogen (secondary N) is 2. The number of Topliss-reactive ketones (excluding diaryl/α,β-unsaturated/α-hetero) is 4. The minimum absolute atomic E-state index is 0.0781. The predicted octanol–water partition coefficient (Wildman–Crippen LogP) is 20.1. The standard InChI is InChI=1S/C25H40N2O11.C15H30O3.C14H30O3S.C12H26O3S.C12H24O2.C10H22O.C8H16O2/c1-15(2)38-9-7-5-4-6-8-26-24(36)18(13-22(32)33)11-20(29)19(14-23(34)35)27-25(37)17(10-16(3)28)12-21(30)31;1-13(2)17-12-10-8-6-7-9-11-14(16)18-15(3,4)5;1-14(2)17-12-10-8-6-4-5-7-9-11-13-18(3,15)16;1-12(2)15-10-8-6-4-5-7-9-11-16(3,13)14;1-11(2)14-10-8-6-4-5-7-9-12(3)13;1-4-5-6-7-8-9-11-10(2)3;1-7(2)10-6-4-5-8(3)9/h15,17-19H,4-14H2,1-3H3,(H,26,36)(H,27,37)(H,30,31)(H,32,33)(H,34,35);13H,6-12H2,1-5H3;14H,4-13H2,1-3H3;12H,4-11H2,1-3H3;11H,4-10H2,1-3H3;10H,4-9H2,1-3H3;7H,4-6H2,1-3H3/t17-,18-,19-;;;;;;/m0....../s1. The summed E-state index contributed by atoms with van der Waals surface area (Å²) in [5.74, 6) is -8.70. The summed E-state index contributed by atoms with van der Waals surface area (Å²) in [5, 5.41) is 32.1. The highest BCUT2D eigenvalue weighted by atomic mass is 32.2. The van der Waals surface area contributed by atoms with Crippen LogP contribution >= 0.6 is 0 Å². The molecule has 125 heavy (non-hydrogen) atoms. The second kappa shape index (κ2) is 91.0. The third kappa shape index (κ3) is 130. The molecular formula is C96H188N2O25S2. The maximum absolute atomic E-state index is 12.9. The fraction of sp³-hybridized carbons (Fsp3) is 0.896. The molecule has 0 aliphatic carbocycles. The van der Waals surface area contributed by atoms with Gasteiger partial charge in [0.2, 0.25) is 11.8 Å². The molecular weight excluding hydrogens is 1650 g/mol. The monoisotopic (exact) mass is 1830 g/mol. The van der Waals surface area contributed by atoms with Gasteiger partial charge in [-0.1, -0.05) is 148 Å². The highest BCUT2D eigenvalue weighted by Crippen LogP contribution is 2.19. The molecule has 0 rings (SSSR count). The molecule has 2 amide bonds. The molecule has 0 aliphatic heterocycles. The minimum atomic E-state index is -2.76. The molecule has 0 heterocycles. The van der Waals surface area contributed by atoms with Gasteiger partial charge in [0.05, 0.1) is 79.9 Å². The van der Waals surface area contributed by atoms with Crippen molar-refractivity contribution in [2.45, 2.75) is 469 Å². The van der Waals surface area contributed by atoms with Crippen LogP contribution in [0.3, 0.4) is 0 Å². The largest absolute Gasteiger partial charge is 0.481 e. The van der Waals surface area contributed by atoms with Crippen LogP contribution in [0.25, 0.3) is 0 Å². The van der Waals surface area contributed by atoms with Crippen molar-refractivity contribution in [3.8, 4) is 0 Å². The van der Waals surface area contributed by atoms with Gasteiger partial charge in [-0.05, 0) is 216 Å². The van der Waals surface area contributed by atoms with Gasteiger partial charge in [-0.2, -0.15) is 0 Å². The van der Waals surface area contributed by atoms with E-state index in [0.29, 0.717) is 80.3 Å². The number of amides is 2. The van der Waals surface area contributed by atoms with E-state index in [0.717, 1.165) is 156 Å². The fourth-order valence-electron chi connectivity index (χ4n) is 11.6. The second-order valence-corrected chi connectivity index (χ2v) is 40.2. The van der Waals surface area contributed by atoms with Crippen LogP contribution in [-0.2, 0) is 106 Å². The van der Waals surface area contributed by atoms with Crippen molar-refractivity contribution in [2.24, 2.45) is 11.8 Å². The second-order valence-electron chi connectivity index (χ2n) is 35.7. The van der Waals surface area contributed by atoms with Crippen molar-refractivity contribution in [3.63, 3.8) is 0 Å². The summed E-state index contributed by atoms with van der Waals surface area (Å²) in [5.41, 5.74) is -0.356. The summed E-state index contributed by atoms with van der Waals surface area (Å²) in [6.07, 6.45) is 41.1. The number of hydrogen-bond donors (Lipinski definition) is 5. The Hall–Kier alpha value is -4.88. The summed E-state index contributed by atoms with van der Waals surface area (Å²) in [6, 6.07) is -1.64. The van der Waals surface area contributed by atoms with E-state index in [9.17, 15) is 75.0 Å². The molecule has 29 heteroatoms. The van der Waals surface area contributed by atoms with Crippen molar-refractivity contribution < 1.29 is 118 Å². The third-order valence-electron chi connectivity index (χ3n) is 18.0. The predicted molar refractivity (Wildman–Crippen MR) is 504 cm³/mol. The molecule has 0 bridgehead atoms. The van der Waals surface area contributed by atoms with Gasteiger partial charge >= 0.3 is 23.9 Å². The van der Waals surface area contributed by atoms with E-state index in [1.54, 1.807) is 13.8 Å². The Labute approximate surface area is 761 Å². The van der Waals surface area contributed by atoms with Gasteiger partial charge in [-0.15, -0.1) is 0 Å². The van der Waals surface area contributed by atoms with E-state index in [2.05, 4.69) is 72.9 Å². The molecule has 0 aromatic carbocycles. The number of rotatable bonds is 74. The van der Waals surface area contributed by atoms with E-state index in [1.807, 2.05) is 62.3 Å². The van der Waals surface area contributed by atoms with E-state index in [4.69, 9.17) is 43.0 Å². The molecule has 744 valence electrons. The molecule has 3 atom stereocenters. The molecule has 0 aromatic heterocycles. The lowest BCUT2D eigenvalue weighted by atomic mass is 9.92. The highest BCUT2D eigenvalue weighted by molar-refractivity contribution is 7.90. The number of hydrogen-bond acceptors (Lipinski definition) is 22. The summed E-state index contributed by atoms with van der Waals surface area (Å²) < 4.78 is 86.7. The van der Waals surface area contributed by atoms with Gasteiger partial charge in [-0.25, -0.2) is 16.8 Å². The number of aliphatic carboxylic acids is 3. The zero-order valence-corrected chi connectivity index (χ0v) is 84.8. The van der Waals surface area contributed by atoms with E-state index in [1.165, 1.54) is 115 Å². The molecule has 0 saturated heterocycles. The van der Waals surface area contributed by atoms with Crippen LogP contribution in [0.1, 0.15) is 415 Å². The number of ether oxygens (including phenoxy) is 8. The first-order valence-corrected chi connectivity index (χ1v) is 51.6. The summed E-state index contributed by atoms with van der Waals surface area (Å²) >= 11 is 0. The Bertz CT molecular complexity index is 2830. The number of carboxylic acid groups (broad SMARTS) is 3. The van der Waals surface area contributed by atoms with Crippen molar-refractivity contribution in [2.75, 3.05) is 76.8 Å². The van der Waals surface area contributed by atoms with E-state index >= 15 is 0 Å². The zero-order valence-electron chi connectivity index (χ0n) is 83.2. The number of ketones is 4. The molecule has 0 aliphatic rings. The molecule has 0 unspecified atom stereocenters. The average molecular weight is 1830 g/mol. The number of esters is 1. The van der Waals surface area contributed by atoms with E-state index < -0.39 is 111 Å². The van der Waals surface area contributed by atoms with Crippen LogP contribution in [-0.4, -0.2) is 222 Å². The number of unbranched alkanes of at least 4 members (excludes halogenated alkanes) is 27. The number of carbonyl (C=O) groups is 10. The number of carboxylic acids is 3. The summed E-state index contributed by atoms with van der Waals surface area (Å²) in [7, 11) is -5.51. The van der Waals surface area contributed by atoms with Crippen LogP contribution < -0.4 is 10.6 Å². The Balaban J connectivity index is -0.000000275. The third-order valence-corrected chi connectivity index (χ3v) is 20.1. The number of carbonyl (C=O) groups excluding carboxylic acids is 7. The van der Waals surface area contributed by atoms with Gasteiger partial charge in [0.25, 0.3) is 0 Å². The maximum Gasteiger partial charge on any atom is 0.306 e. The lowest BCUT2D eigenvalue weighted by Gasteiger charge is -2.22. The van der Waals surface area contributed by atoms with Gasteiger partial charge in [0.15, 0.2) is 5.78 Å². The van der Waals surface area contributed by atoms with Gasteiger partial charge < -0.3 is 78.2 Å². The van der Waals surface area contributed by atoms with Crippen LogP contribution in [0.5, 0.6) is 0 Å². The van der Waals surface area contributed by atoms with Crippen LogP contribution in [0.15, 0.2) is 0 Å². The molecule has 0 saturated carbocycles. The topological polar surface area (TPSA) is 398 Å². The lowest BCUT2D eigenvalue weighted by molar-refractivity contribution is -0.155. The van der Waals surface area contributed by atoms with Crippen LogP contribution in [0.4, 0.5) is 0 Å². The first kappa shape index (κ1) is 133. The Morgan fingerprint density at radius 1 is 0.312 bits per heavy atom. The fourth-order valence-corrected chi connectivity index (χ4v) is 13.0. The van der Waals surface area contributed by atoms with Crippen molar-refractivity contribution in [3.05, 3.63) is 0 Å². The Morgan fingerprint density at radius 2 is 0.576 bits per heavy atom. The van der Waals surface area contributed by atoms with Crippen LogP contribution in [0, 0.1) is 11.8 Å². The lowest BCUT2D eigenvalue weighted by Crippen LogP contribution is -2.47. The highest BCUT2D eigenvalue weighted by Gasteiger charge is 2.33. The maximum atomic E-state index is 12.9. The Kier molecular flexibility index (Phi) is 97.0. The summed E-state index contributed by atoms with van der Waals surface area (Å²) in [4.78, 5) is 116. The first-order valence-electron chi connectivity index (χ1n) is 47.5. The molecule has 0 aromatic rings. The van der Waals surface area contributed by atoms with Crippen molar-refractivity contribution in [1.82, 2.24) is 10.6 Å². The van der Waals surface area contributed by atoms with Gasteiger partial charge in [0, 0.05) is 109 Å². The Morgan fingerprint density at radius 3 is 0.856 bits per heavy atom. The molecule has 27 nitrogen and oxygen atoms in total. The van der Waals surface area contributed by atoms with Crippen molar-refractivity contribution >= 4 is 78.5 Å².